The lowest BCUT2D eigenvalue weighted by atomic mass is 10.1. The Morgan fingerprint density at radius 3 is 2.50 bits per heavy atom. The first-order chi connectivity index (χ1) is 17.4. The molecule has 2 fully saturated rings. The second-order valence-electron chi connectivity index (χ2n) is 8.23. The molecule has 10 heteroatoms. The van der Waals surface area contributed by atoms with Gasteiger partial charge in [-0.1, -0.05) is 18.2 Å². The Hall–Kier alpha value is -2.86. The largest absolute Gasteiger partial charge is 0.490 e. The number of ether oxygens (including phenoxy) is 2. The van der Waals surface area contributed by atoms with E-state index in [4.69, 9.17) is 9.47 Å². The first kappa shape index (κ1) is 26.2. The van der Waals surface area contributed by atoms with Gasteiger partial charge in [-0.25, -0.2) is 4.79 Å². The molecule has 2 aliphatic heterocycles. The standard InChI is InChI=1S/C26H25IN2O6S/c1-2-34-20-14-17(13-19(27)23(20)35-25(32)18-9-5-3-6-10-18)15-21-24(31)29(26(33)36-21)16-22(30)28-11-7-4-8-12-28/h3,5-6,9-10,13-15H,2,4,7-8,11-12,16H2,1H3/b21-15-. The van der Waals surface area contributed by atoms with Gasteiger partial charge in [0, 0.05) is 13.1 Å². The molecule has 2 aromatic rings. The SMILES string of the molecule is CCOc1cc(/C=C2\SC(=O)N(CC(=O)N3CCCCC3)C2=O)cc(I)c1OC(=O)c1ccccc1. The summed E-state index contributed by atoms with van der Waals surface area (Å²) < 4.78 is 12.0. The van der Waals surface area contributed by atoms with E-state index in [1.165, 1.54) is 0 Å². The predicted molar refractivity (Wildman–Crippen MR) is 145 cm³/mol. The summed E-state index contributed by atoms with van der Waals surface area (Å²) in [6.45, 7) is 3.21. The van der Waals surface area contributed by atoms with Gasteiger partial charge >= 0.3 is 5.97 Å². The second-order valence-corrected chi connectivity index (χ2v) is 10.4. The number of carbonyl (C=O) groups is 4. The normalized spacial score (nSPS) is 17.0. The number of thioether (sulfide) groups is 1. The Balaban J connectivity index is 1.53. The van der Waals surface area contributed by atoms with Gasteiger partial charge < -0.3 is 14.4 Å². The lowest BCUT2D eigenvalue weighted by Gasteiger charge is -2.27. The summed E-state index contributed by atoms with van der Waals surface area (Å²) in [5.74, 6) is -0.594. The Bertz CT molecular complexity index is 1210. The number of esters is 1. The van der Waals surface area contributed by atoms with Crippen LogP contribution in [0.3, 0.4) is 0 Å². The van der Waals surface area contributed by atoms with Crippen molar-refractivity contribution in [2.45, 2.75) is 26.2 Å². The zero-order chi connectivity index (χ0) is 25.7. The molecule has 3 amide bonds. The van der Waals surface area contributed by atoms with Crippen LogP contribution in [-0.4, -0.2) is 59.1 Å². The monoisotopic (exact) mass is 620 g/mol. The third-order valence-electron chi connectivity index (χ3n) is 5.71. The predicted octanol–water partition coefficient (Wildman–Crippen LogP) is 4.96. The molecule has 0 saturated carbocycles. The van der Waals surface area contributed by atoms with Gasteiger partial charge in [0.2, 0.25) is 5.91 Å². The highest BCUT2D eigenvalue weighted by atomic mass is 127. The molecule has 4 rings (SSSR count). The molecule has 2 aliphatic rings. The highest BCUT2D eigenvalue weighted by Crippen LogP contribution is 2.38. The number of benzene rings is 2. The van der Waals surface area contributed by atoms with Gasteiger partial charge in [-0.2, -0.15) is 0 Å². The molecule has 8 nitrogen and oxygen atoms in total. The van der Waals surface area contributed by atoms with Crippen molar-refractivity contribution in [3.8, 4) is 11.5 Å². The second kappa shape index (κ2) is 11.9. The molecule has 0 N–H and O–H groups in total. The van der Waals surface area contributed by atoms with Gasteiger partial charge in [-0.3, -0.25) is 19.3 Å². The minimum atomic E-state index is -0.512. The first-order valence-corrected chi connectivity index (χ1v) is 13.5. The summed E-state index contributed by atoms with van der Waals surface area (Å²) >= 11 is 2.84. The lowest BCUT2D eigenvalue weighted by molar-refractivity contribution is -0.136. The maximum Gasteiger partial charge on any atom is 0.343 e. The van der Waals surface area contributed by atoms with E-state index in [0.29, 0.717) is 40.1 Å². The van der Waals surface area contributed by atoms with Crippen molar-refractivity contribution in [1.82, 2.24) is 9.80 Å². The highest BCUT2D eigenvalue weighted by Gasteiger charge is 2.37. The number of likely N-dealkylation sites (tertiary alicyclic amines) is 1. The number of rotatable bonds is 7. The van der Waals surface area contributed by atoms with Gasteiger partial charge in [0.1, 0.15) is 6.54 Å². The molecule has 36 heavy (non-hydrogen) atoms. The maximum atomic E-state index is 12.9. The molecule has 188 valence electrons. The van der Waals surface area contributed by atoms with Crippen molar-refractivity contribution in [2.75, 3.05) is 26.2 Å². The summed E-state index contributed by atoms with van der Waals surface area (Å²) in [6.07, 6.45) is 4.54. The minimum absolute atomic E-state index is 0.212. The van der Waals surface area contributed by atoms with E-state index in [9.17, 15) is 19.2 Å². The zero-order valence-corrected chi connectivity index (χ0v) is 22.7. The van der Waals surface area contributed by atoms with Crippen LogP contribution in [0.5, 0.6) is 11.5 Å². The van der Waals surface area contributed by atoms with Gasteiger partial charge in [0.15, 0.2) is 11.5 Å². The van der Waals surface area contributed by atoms with E-state index < -0.39 is 17.1 Å². The fraction of sp³-hybridized carbons (Fsp3) is 0.308. The molecule has 2 saturated heterocycles. The van der Waals surface area contributed by atoms with E-state index in [-0.39, 0.29) is 23.1 Å². The lowest BCUT2D eigenvalue weighted by Crippen LogP contribution is -2.44. The molecule has 0 aromatic heterocycles. The van der Waals surface area contributed by atoms with E-state index >= 15 is 0 Å². The van der Waals surface area contributed by atoms with Crippen molar-refractivity contribution in [3.05, 3.63) is 62.1 Å². The van der Waals surface area contributed by atoms with Crippen molar-refractivity contribution in [1.29, 1.82) is 0 Å². The molecule has 0 unspecified atom stereocenters. The average Bonchev–Trinajstić information content (AvgIpc) is 3.14. The first-order valence-electron chi connectivity index (χ1n) is 11.6. The van der Waals surface area contributed by atoms with Crippen LogP contribution in [0.4, 0.5) is 4.79 Å². The van der Waals surface area contributed by atoms with Crippen LogP contribution in [0.25, 0.3) is 6.08 Å². The Morgan fingerprint density at radius 1 is 1.08 bits per heavy atom. The molecule has 2 heterocycles. The zero-order valence-electron chi connectivity index (χ0n) is 19.7. The van der Waals surface area contributed by atoms with Gasteiger partial charge in [-0.05, 0) is 96.4 Å². The molecule has 0 atom stereocenters. The number of nitrogens with zero attached hydrogens (tertiary/aromatic N) is 2. The molecule has 0 radical (unpaired) electrons. The van der Waals surface area contributed by atoms with Crippen LogP contribution < -0.4 is 9.47 Å². The van der Waals surface area contributed by atoms with E-state index in [0.717, 1.165) is 35.9 Å². The number of carbonyl (C=O) groups excluding carboxylic acids is 4. The van der Waals surface area contributed by atoms with E-state index in [2.05, 4.69) is 0 Å². The maximum absolute atomic E-state index is 12.9. The van der Waals surface area contributed by atoms with Crippen molar-refractivity contribution >= 4 is 63.5 Å². The Kier molecular flexibility index (Phi) is 8.68. The third kappa shape index (κ3) is 6.09. The summed E-state index contributed by atoms with van der Waals surface area (Å²) in [5.41, 5.74) is 1.02. The third-order valence-corrected chi connectivity index (χ3v) is 7.42. The molecular weight excluding hydrogens is 595 g/mol. The van der Waals surface area contributed by atoms with Crippen LogP contribution in [0, 0.1) is 3.57 Å². The topological polar surface area (TPSA) is 93.2 Å². The molecular formula is C26H25IN2O6S. The molecule has 2 aromatic carbocycles. The molecule has 0 bridgehead atoms. The average molecular weight is 620 g/mol. The fourth-order valence-electron chi connectivity index (χ4n) is 3.93. The van der Waals surface area contributed by atoms with Crippen molar-refractivity contribution in [2.24, 2.45) is 0 Å². The summed E-state index contributed by atoms with van der Waals surface area (Å²) in [4.78, 5) is 53.6. The van der Waals surface area contributed by atoms with Crippen molar-refractivity contribution < 1.29 is 28.7 Å². The summed E-state index contributed by atoms with van der Waals surface area (Å²) in [6, 6.07) is 12.0. The number of halogens is 1. The quantitative estimate of drug-likeness (QED) is 0.187. The number of imide groups is 1. The fourth-order valence-corrected chi connectivity index (χ4v) is 5.50. The van der Waals surface area contributed by atoms with E-state index in [1.54, 1.807) is 47.4 Å². The summed E-state index contributed by atoms with van der Waals surface area (Å²) in [7, 11) is 0. The Labute approximate surface area is 227 Å². The number of hydrogen-bond acceptors (Lipinski definition) is 7. The smallest absolute Gasteiger partial charge is 0.343 e. The highest BCUT2D eigenvalue weighted by molar-refractivity contribution is 14.1. The van der Waals surface area contributed by atoms with Gasteiger partial charge in [0.05, 0.1) is 20.6 Å². The molecule has 0 spiro atoms. The van der Waals surface area contributed by atoms with Crippen LogP contribution >= 0.6 is 34.4 Å². The van der Waals surface area contributed by atoms with Crippen LogP contribution in [-0.2, 0) is 9.59 Å². The Morgan fingerprint density at radius 2 is 1.81 bits per heavy atom. The van der Waals surface area contributed by atoms with Crippen molar-refractivity contribution in [3.63, 3.8) is 0 Å². The summed E-state index contributed by atoms with van der Waals surface area (Å²) in [5, 5.41) is -0.468. The number of amides is 3. The number of piperidine rings is 1. The van der Waals surface area contributed by atoms with E-state index in [1.807, 2.05) is 35.6 Å². The van der Waals surface area contributed by atoms with Crippen LogP contribution in [0.15, 0.2) is 47.4 Å². The van der Waals surface area contributed by atoms with Gasteiger partial charge in [-0.15, -0.1) is 0 Å². The van der Waals surface area contributed by atoms with Gasteiger partial charge in [0.25, 0.3) is 11.1 Å². The van der Waals surface area contributed by atoms with Crippen LogP contribution in [0.1, 0.15) is 42.1 Å². The molecule has 0 aliphatic carbocycles. The number of hydrogen-bond donors (Lipinski definition) is 0. The van der Waals surface area contributed by atoms with Crippen LogP contribution in [0.2, 0.25) is 0 Å². The minimum Gasteiger partial charge on any atom is -0.490 e.